The van der Waals surface area contributed by atoms with Gasteiger partial charge < -0.3 is 14.8 Å². The van der Waals surface area contributed by atoms with Crippen molar-refractivity contribution < 1.29 is 27.8 Å². The molecule has 1 aromatic heterocycles. The second-order valence-electron chi connectivity index (χ2n) is 9.10. The number of likely N-dealkylation sites (tertiary alicyclic amines) is 1. The first-order chi connectivity index (χ1) is 16.2. The lowest BCUT2D eigenvalue weighted by atomic mass is 9.84. The van der Waals surface area contributed by atoms with Crippen molar-refractivity contribution in [2.24, 2.45) is 5.92 Å². The van der Waals surface area contributed by atoms with E-state index in [1.165, 1.54) is 0 Å². The summed E-state index contributed by atoms with van der Waals surface area (Å²) in [4.78, 5) is 16.8. The number of halogens is 3. The Kier molecular flexibility index (Phi) is 6.89. The molecule has 2 N–H and O–H groups in total. The number of rotatable bonds is 7. The topological polar surface area (TPSA) is 65.6 Å². The number of nitrogens with zero attached hydrogens (tertiary/aromatic N) is 1. The number of aromatic amines is 1. The van der Waals surface area contributed by atoms with E-state index in [1.54, 1.807) is 31.4 Å². The van der Waals surface area contributed by atoms with Gasteiger partial charge >= 0.3 is 12.1 Å². The molecule has 2 aromatic carbocycles. The summed E-state index contributed by atoms with van der Waals surface area (Å²) in [7, 11) is 1.64. The fourth-order valence-corrected chi connectivity index (χ4v) is 5.08. The van der Waals surface area contributed by atoms with Crippen molar-refractivity contribution in [3.8, 4) is 5.75 Å². The second kappa shape index (κ2) is 9.70. The Bertz CT molecular complexity index is 1150. The first kappa shape index (κ1) is 24.1. The van der Waals surface area contributed by atoms with Crippen LogP contribution in [0.1, 0.15) is 58.8 Å². The van der Waals surface area contributed by atoms with Crippen molar-refractivity contribution in [3.05, 3.63) is 64.8 Å². The molecule has 182 valence electrons. The van der Waals surface area contributed by atoms with E-state index in [-0.39, 0.29) is 23.9 Å². The van der Waals surface area contributed by atoms with Gasteiger partial charge in [-0.1, -0.05) is 12.1 Å². The van der Waals surface area contributed by atoms with Crippen LogP contribution in [0.5, 0.6) is 5.75 Å². The number of benzene rings is 2. The van der Waals surface area contributed by atoms with Crippen LogP contribution >= 0.6 is 0 Å². The van der Waals surface area contributed by atoms with Crippen molar-refractivity contribution in [1.29, 1.82) is 0 Å². The summed E-state index contributed by atoms with van der Waals surface area (Å²) < 4.78 is 44.3. The highest BCUT2D eigenvalue weighted by molar-refractivity contribution is 5.88. The minimum Gasteiger partial charge on any atom is -0.496 e. The predicted molar refractivity (Wildman–Crippen MR) is 124 cm³/mol. The molecule has 0 saturated carbocycles. The average molecular weight is 475 g/mol. The fraction of sp³-hybridized carbons (Fsp3) is 0.423. The van der Waals surface area contributed by atoms with Gasteiger partial charge in [-0.05, 0) is 74.0 Å². The van der Waals surface area contributed by atoms with E-state index in [0.29, 0.717) is 25.9 Å². The third-order valence-corrected chi connectivity index (χ3v) is 6.89. The molecule has 5 nitrogen and oxygen atoms in total. The molecule has 1 aliphatic heterocycles. The van der Waals surface area contributed by atoms with Crippen molar-refractivity contribution in [2.75, 3.05) is 13.7 Å². The normalized spacial score (nSPS) is 19.4. The van der Waals surface area contributed by atoms with E-state index < -0.39 is 18.6 Å². The van der Waals surface area contributed by atoms with Crippen LogP contribution in [0.15, 0.2) is 42.6 Å². The molecular weight excluding hydrogens is 445 g/mol. The van der Waals surface area contributed by atoms with Gasteiger partial charge in [0.2, 0.25) is 0 Å². The number of H-pyrrole nitrogens is 1. The monoisotopic (exact) mass is 474 g/mol. The number of hydrogen-bond donors (Lipinski definition) is 2. The number of carboxylic acids is 1. The number of aryl methyl sites for hydroxylation is 1. The average Bonchev–Trinajstić information content (AvgIpc) is 3.30. The van der Waals surface area contributed by atoms with Gasteiger partial charge in [-0.25, -0.2) is 4.79 Å². The number of aromatic carboxylic acids is 1. The number of carbonyl (C=O) groups is 1. The van der Waals surface area contributed by atoms with Gasteiger partial charge in [0, 0.05) is 41.7 Å². The van der Waals surface area contributed by atoms with Gasteiger partial charge in [-0.2, -0.15) is 13.2 Å². The van der Waals surface area contributed by atoms with Crippen LogP contribution in [0.3, 0.4) is 0 Å². The van der Waals surface area contributed by atoms with Crippen LogP contribution in [0.4, 0.5) is 13.2 Å². The number of alkyl halides is 3. The quantitative estimate of drug-likeness (QED) is 0.411. The SMILES string of the molecule is COc1cc(C)c2[nH]ccc2c1CN1CC[C@H](CCC(F)(F)F)C[C@H]1c1ccc(C(=O)O)cc1. The number of fused-ring (bicyclic) bond motifs is 1. The molecule has 34 heavy (non-hydrogen) atoms. The number of ether oxygens (including phenoxy) is 1. The summed E-state index contributed by atoms with van der Waals surface area (Å²) in [6.07, 6.45) is -1.66. The fourth-order valence-electron chi connectivity index (χ4n) is 5.08. The molecule has 1 fully saturated rings. The highest BCUT2D eigenvalue weighted by Crippen LogP contribution is 2.41. The van der Waals surface area contributed by atoms with E-state index >= 15 is 0 Å². The molecule has 0 unspecified atom stereocenters. The molecule has 2 atom stereocenters. The van der Waals surface area contributed by atoms with E-state index in [4.69, 9.17) is 4.74 Å². The maximum Gasteiger partial charge on any atom is 0.389 e. The van der Waals surface area contributed by atoms with Crippen molar-refractivity contribution in [1.82, 2.24) is 9.88 Å². The Labute approximate surface area is 196 Å². The van der Waals surface area contributed by atoms with Crippen LogP contribution in [0, 0.1) is 12.8 Å². The number of hydrogen-bond acceptors (Lipinski definition) is 3. The summed E-state index contributed by atoms with van der Waals surface area (Å²) >= 11 is 0. The first-order valence-corrected chi connectivity index (χ1v) is 11.4. The Balaban J connectivity index is 1.65. The van der Waals surface area contributed by atoms with E-state index in [2.05, 4.69) is 9.88 Å². The molecule has 3 aromatic rings. The Hall–Kier alpha value is -3.00. The van der Waals surface area contributed by atoms with E-state index in [9.17, 15) is 23.1 Å². The largest absolute Gasteiger partial charge is 0.496 e. The molecule has 0 spiro atoms. The lowest BCUT2D eigenvalue weighted by Gasteiger charge is -2.40. The van der Waals surface area contributed by atoms with Crippen LogP contribution in [0.25, 0.3) is 10.9 Å². The molecule has 8 heteroatoms. The summed E-state index contributed by atoms with van der Waals surface area (Å²) in [5.41, 5.74) is 4.25. The number of carboxylic acid groups (broad SMARTS) is 1. The number of piperidine rings is 1. The van der Waals surface area contributed by atoms with E-state index in [1.807, 2.05) is 25.3 Å². The van der Waals surface area contributed by atoms with Gasteiger partial charge in [0.25, 0.3) is 0 Å². The van der Waals surface area contributed by atoms with Crippen LogP contribution in [-0.2, 0) is 6.54 Å². The zero-order chi connectivity index (χ0) is 24.5. The molecule has 0 radical (unpaired) electrons. The highest BCUT2D eigenvalue weighted by atomic mass is 19.4. The highest BCUT2D eigenvalue weighted by Gasteiger charge is 2.34. The predicted octanol–water partition coefficient (Wildman–Crippen LogP) is 6.48. The molecule has 1 aliphatic rings. The third-order valence-electron chi connectivity index (χ3n) is 6.89. The molecule has 0 bridgehead atoms. The Morgan fingerprint density at radius 2 is 1.97 bits per heavy atom. The summed E-state index contributed by atoms with van der Waals surface area (Å²) in [6.45, 7) is 3.25. The smallest absolute Gasteiger partial charge is 0.389 e. The standard InChI is InChI=1S/C26H29F3N2O3/c1-16-13-23(34-2)21(20-8-11-30-24(16)20)15-31-12-9-17(7-10-26(27,28)29)14-22(31)18-3-5-19(6-4-18)25(32)33/h3-6,8,11,13,17,22,30H,7,9-10,12,14-15H2,1-2H3,(H,32,33)/t17-,22-/m0/s1. The molecule has 0 aliphatic carbocycles. The van der Waals surface area contributed by atoms with Crippen LogP contribution in [0.2, 0.25) is 0 Å². The molecule has 2 heterocycles. The second-order valence-corrected chi connectivity index (χ2v) is 9.10. The van der Waals surface area contributed by atoms with Crippen molar-refractivity contribution in [3.63, 3.8) is 0 Å². The first-order valence-electron chi connectivity index (χ1n) is 11.4. The lowest BCUT2D eigenvalue weighted by Crippen LogP contribution is -2.37. The van der Waals surface area contributed by atoms with Crippen LogP contribution in [-0.4, -0.2) is 40.8 Å². The lowest BCUT2D eigenvalue weighted by molar-refractivity contribution is -0.138. The van der Waals surface area contributed by atoms with Crippen molar-refractivity contribution in [2.45, 2.75) is 51.4 Å². The number of aromatic nitrogens is 1. The molecule has 4 rings (SSSR count). The van der Waals surface area contributed by atoms with E-state index in [0.717, 1.165) is 33.3 Å². The Morgan fingerprint density at radius 3 is 2.62 bits per heavy atom. The van der Waals surface area contributed by atoms with Gasteiger partial charge in [-0.15, -0.1) is 0 Å². The van der Waals surface area contributed by atoms with Gasteiger partial charge in [-0.3, -0.25) is 4.90 Å². The van der Waals surface area contributed by atoms with Gasteiger partial charge in [0.15, 0.2) is 0 Å². The minimum absolute atomic E-state index is 0.0470. The molecular formula is C26H29F3N2O3. The summed E-state index contributed by atoms with van der Waals surface area (Å²) in [6, 6.07) is 10.6. The number of methoxy groups -OCH3 is 1. The third kappa shape index (κ3) is 5.22. The van der Waals surface area contributed by atoms with Gasteiger partial charge in [0.05, 0.1) is 12.7 Å². The van der Waals surface area contributed by atoms with Gasteiger partial charge in [0.1, 0.15) is 5.75 Å². The number of nitrogens with one attached hydrogen (secondary N) is 1. The maximum absolute atomic E-state index is 12.9. The summed E-state index contributed by atoms with van der Waals surface area (Å²) in [5.74, 6) is -0.271. The summed E-state index contributed by atoms with van der Waals surface area (Å²) in [5, 5.41) is 10.3. The molecule has 0 amide bonds. The van der Waals surface area contributed by atoms with Crippen molar-refractivity contribution >= 4 is 16.9 Å². The zero-order valence-electron chi connectivity index (χ0n) is 19.3. The Morgan fingerprint density at radius 1 is 1.24 bits per heavy atom. The zero-order valence-corrected chi connectivity index (χ0v) is 19.3. The van der Waals surface area contributed by atoms with Crippen LogP contribution < -0.4 is 4.74 Å². The molecule has 1 saturated heterocycles. The minimum atomic E-state index is -4.16. The maximum atomic E-state index is 12.9.